The maximum Gasteiger partial charge on any atom is 0.251 e. The molecule has 98 valence electrons. The molecule has 1 atom stereocenters. The van der Waals surface area contributed by atoms with E-state index < -0.39 is 0 Å². The molecule has 0 unspecified atom stereocenters. The highest BCUT2D eigenvalue weighted by Crippen LogP contribution is 2.15. The topological polar surface area (TPSA) is 61.4 Å². The molecule has 4 heteroatoms. The summed E-state index contributed by atoms with van der Waals surface area (Å²) in [5.41, 5.74) is 1.43. The summed E-state index contributed by atoms with van der Waals surface area (Å²) in [7, 11) is 0. The van der Waals surface area contributed by atoms with Crippen LogP contribution in [-0.2, 0) is 0 Å². The molecule has 1 aliphatic heterocycles. The lowest BCUT2D eigenvalue weighted by molar-refractivity contribution is 0.0951. The fraction of sp³-hybridized carbons (Fsp3) is 0.500. The fourth-order valence-electron chi connectivity index (χ4n) is 2.36. The quantitative estimate of drug-likeness (QED) is 0.758. The van der Waals surface area contributed by atoms with Crippen LogP contribution in [0.1, 0.15) is 35.2 Å². The van der Waals surface area contributed by atoms with Crippen molar-refractivity contribution in [2.24, 2.45) is 0 Å². The van der Waals surface area contributed by atoms with Crippen LogP contribution in [0.4, 0.5) is 0 Å². The van der Waals surface area contributed by atoms with Gasteiger partial charge in [-0.3, -0.25) is 4.79 Å². The summed E-state index contributed by atoms with van der Waals surface area (Å²) in [4.78, 5) is 11.9. The molecule has 1 aliphatic rings. The number of rotatable bonds is 4. The van der Waals surface area contributed by atoms with Crippen molar-refractivity contribution in [1.29, 1.82) is 0 Å². The van der Waals surface area contributed by atoms with Crippen LogP contribution in [-0.4, -0.2) is 30.1 Å². The summed E-state index contributed by atoms with van der Waals surface area (Å²) >= 11 is 0. The smallest absolute Gasteiger partial charge is 0.251 e. The number of aromatic hydroxyl groups is 1. The molecule has 0 bridgehead atoms. The number of nitrogens with one attached hydrogen (secondary N) is 2. The van der Waals surface area contributed by atoms with Gasteiger partial charge >= 0.3 is 0 Å². The van der Waals surface area contributed by atoms with Crippen molar-refractivity contribution in [3.05, 3.63) is 29.3 Å². The first-order valence-corrected chi connectivity index (χ1v) is 6.48. The molecule has 0 saturated carbocycles. The van der Waals surface area contributed by atoms with Gasteiger partial charge in [0.15, 0.2) is 0 Å². The Hall–Kier alpha value is -1.55. The second-order valence-corrected chi connectivity index (χ2v) is 4.84. The zero-order valence-corrected chi connectivity index (χ0v) is 10.7. The van der Waals surface area contributed by atoms with Crippen molar-refractivity contribution in [2.45, 2.75) is 32.2 Å². The molecule has 1 saturated heterocycles. The number of carbonyl (C=O) groups is 1. The van der Waals surface area contributed by atoms with Crippen molar-refractivity contribution >= 4 is 5.91 Å². The van der Waals surface area contributed by atoms with Gasteiger partial charge in [-0.2, -0.15) is 0 Å². The second-order valence-electron chi connectivity index (χ2n) is 4.84. The summed E-state index contributed by atoms with van der Waals surface area (Å²) in [6.45, 7) is 3.61. The Balaban J connectivity index is 1.83. The Labute approximate surface area is 107 Å². The molecule has 0 aromatic heterocycles. The first-order valence-electron chi connectivity index (χ1n) is 6.48. The Morgan fingerprint density at radius 2 is 2.39 bits per heavy atom. The van der Waals surface area contributed by atoms with Gasteiger partial charge in [0.1, 0.15) is 5.75 Å². The molecule has 1 heterocycles. The molecule has 1 aromatic carbocycles. The van der Waals surface area contributed by atoms with Gasteiger partial charge < -0.3 is 15.7 Å². The van der Waals surface area contributed by atoms with Crippen LogP contribution in [0.2, 0.25) is 0 Å². The predicted molar refractivity (Wildman–Crippen MR) is 70.8 cm³/mol. The first kappa shape index (κ1) is 12.9. The maximum absolute atomic E-state index is 11.9. The minimum Gasteiger partial charge on any atom is -0.508 e. The van der Waals surface area contributed by atoms with Crippen molar-refractivity contribution in [2.75, 3.05) is 13.1 Å². The van der Waals surface area contributed by atoms with Crippen LogP contribution >= 0.6 is 0 Å². The number of phenols is 1. The van der Waals surface area contributed by atoms with Crippen LogP contribution < -0.4 is 10.6 Å². The molecule has 4 nitrogen and oxygen atoms in total. The lowest BCUT2D eigenvalue weighted by Crippen LogP contribution is -2.30. The van der Waals surface area contributed by atoms with Gasteiger partial charge in [0, 0.05) is 18.2 Å². The van der Waals surface area contributed by atoms with E-state index in [-0.39, 0.29) is 11.7 Å². The molecule has 1 amide bonds. The second kappa shape index (κ2) is 5.87. The third-order valence-corrected chi connectivity index (χ3v) is 3.40. The number of amides is 1. The molecule has 2 rings (SSSR count). The van der Waals surface area contributed by atoms with E-state index in [1.807, 2.05) is 6.92 Å². The number of hydrogen-bond acceptors (Lipinski definition) is 3. The van der Waals surface area contributed by atoms with Crippen molar-refractivity contribution in [3.63, 3.8) is 0 Å². The molecular formula is C14H20N2O2. The van der Waals surface area contributed by atoms with Crippen LogP contribution in [0.3, 0.4) is 0 Å². The van der Waals surface area contributed by atoms with E-state index in [0.717, 1.165) is 18.5 Å². The number of phenolic OH excluding ortho intramolecular Hbond substituents is 1. The SMILES string of the molecule is Cc1cc(O)ccc1C(=O)NCC[C@@H]1CCCN1. The minimum atomic E-state index is -0.0644. The largest absolute Gasteiger partial charge is 0.508 e. The average molecular weight is 248 g/mol. The van der Waals surface area contributed by atoms with E-state index in [4.69, 9.17) is 0 Å². The Bertz CT molecular complexity index is 426. The van der Waals surface area contributed by atoms with Gasteiger partial charge in [-0.1, -0.05) is 0 Å². The summed E-state index contributed by atoms with van der Waals surface area (Å²) in [5.74, 6) is 0.129. The standard InChI is InChI=1S/C14H20N2O2/c1-10-9-12(17)4-5-13(10)14(18)16-8-6-11-3-2-7-15-11/h4-5,9,11,15,17H,2-3,6-8H2,1H3,(H,16,18)/t11-/m0/s1. The highest BCUT2D eigenvalue weighted by atomic mass is 16.3. The lowest BCUT2D eigenvalue weighted by Gasteiger charge is -2.11. The Morgan fingerprint density at radius 3 is 3.06 bits per heavy atom. The normalized spacial score (nSPS) is 18.8. The van der Waals surface area contributed by atoms with Gasteiger partial charge in [-0.15, -0.1) is 0 Å². The molecule has 1 fully saturated rings. The predicted octanol–water partition coefficient (Wildman–Crippen LogP) is 1.57. The third-order valence-electron chi connectivity index (χ3n) is 3.40. The van der Waals surface area contributed by atoms with Crippen molar-refractivity contribution < 1.29 is 9.90 Å². The number of aryl methyl sites for hydroxylation is 1. The van der Waals surface area contributed by atoms with E-state index in [9.17, 15) is 9.90 Å². The molecule has 1 aromatic rings. The van der Waals surface area contributed by atoms with Gasteiger partial charge in [-0.25, -0.2) is 0 Å². The highest BCUT2D eigenvalue weighted by Gasteiger charge is 2.14. The number of benzene rings is 1. The Morgan fingerprint density at radius 1 is 1.56 bits per heavy atom. The van der Waals surface area contributed by atoms with Gasteiger partial charge in [0.2, 0.25) is 0 Å². The van der Waals surface area contributed by atoms with E-state index in [1.165, 1.54) is 12.8 Å². The maximum atomic E-state index is 11.9. The summed E-state index contributed by atoms with van der Waals surface area (Å²) in [6, 6.07) is 5.35. The monoisotopic (exact) mass is 248 g/mol. The molecular weight excluding hydrogens is 228 g/mol. The van der Waals surface area contributed by atoms with Gasteiger partial charge in [0.25, 0.3) is 5.91 Å². The van der Waals surface area contributed by atoms with Crippen molar-refractivity contribution in [1.82, 2.24) is 10.6 Å². The molecule has 0 aliphatic carbocycles. The van der Waals surface area contributed by atoms with Crippen LogP contribution in [0, 0.1) is 6.92 Å². The molecule has 3 N–H and O–H groups in total. The number of carbonyl (C=O) groups excluding carboxylic acids is 1. The van der Waals surface area contributed by atoms with E-state index >= 15 is 0 Å². The molecule has 0 radical (unpaired) electrons. The third kappa shape index (κ3) is 3.23. The zero-order chi connectivity index (χ0) is 13.0. The summed E-state index contributed by atoms with van der Waals surface area (Å²) in [5, 5.41) is 15.6. The lowest BCUT2D eigenvalue weighted by atomic mass is 10.1. The fourth-order valence-corrected chi connectivity index (χ4v) is 2.36. The summed E-state index contributed by atoms with van der Waals surface area (Å²) in [6.07, 6.45) is 3.41. The van der Waals surface area contributed by atoms with Crippen molar-refractivity contribution in [3.8, 4) is 5.75 Å². The van der Waals surface area contributed by atoms with E-state index in [0.29, 0.717) is 18.2 Å². The first-order chi connectivity index (χ1) is 8.66. The van der Waals surface area contributed by atoms with Gasteiger partial charge in [-0.05, 0) is 56.5 Å². The highest BCUT2D eigenvalue weighted by molar-refractivity contribution is 5.95. The van der Waals surface area contributed by atoms with Crippen LogP contribution in [0.15, 0.2) is 18.2 Å². The zero-order valence-electron chi connectivity index (χ0n) is 10.7. The van der Waals surface area contributed by atoms with Gasteiger partial charge in [0.05, 0.1) is 0 Å². The van der Waals surface area contributed by atoms with E-state index in [1.54, 1.807) is 18.2 Å². The molecule has 0 spiro atoms. The minimum absolute atomic E-state index is 0.0644. The summed E-state index contributed by atoms with van der Waals surface area (Å²) < 4.78 is 0. The number of hydrogen-bond donors (Lipinski definition) is 3. The Kier molecular flexibility index (Phi) is 4.20. The van der Waals surface area contributed by atoms with E-state index in [2.05, 4.69) is 10.6 Å². The molecule has 18 heavy (non-hydrogen) atoms. The van der Waals surface area contributed by atoms with Crippen LogP contribution in [0.5, 0.6) is 5.75 Å². The van der Waals surface area contributed by atoms with Crippen LogP contribution in [0.25, 0.3) is 0 Å². The average Bonchev–Trinajstić information content (AvgIpc) is 2.81.